The van der Waals surface area contributed by atoms with Crippen LogP contribution in [0.3, 0.4) is 0 Å². The average Bonchev–Trinajstić information content (AvgIpc) is 2.79. The minimum absolute atomic E-state index is 0.215. The Morgan fingerprint density at radius 3 is 2.64 bits per heavy atom. The van der Waals surface area contributed by atoms with Crippen molar-refractivity contribution in [2.45, 2.75) is 20.0 Å². The molecule has 0 unspecified atom stereocenters. The molecule has 0 atom stereocenters. The zero-order valence-corrected chi connectivity index (χ0v) is 22.0. The van der Waals surface area contributed by atoms with Crippen molar-refractivity contribution < 1.29 is 4.74 Å². The fourth-order valence-electron chi connectivity index (χ4n) is 3.18. The number of fused-ring (bicyclic) bond motifs is 1. The van der Waals surface area contributed by atoms with E-state index in [1.807, 2.05) is 43.3 Å². The van der Waals surface area contributed by atoms with Crippen molar-refractivity contribution in [2.24, 2.45) is 5.10 Å². The summed E-state index contributed by atoms with van der Waals surface area (Å²) in [7, 11) is 0. The molecule has 1 heterocycles. The van der Waals surface area contributed by atoms with E-state index in [1.54, 1.807) is 24.4 Å². The minimum atomic E-state index is -0.215. The third kappa shape index (κ3) is 5.49. The molecule has 0 saturated carbocycles. The first kappa shape index (κ1) is 24.0. The van der Waals surface area contributed by atoms with E-state index in [-0.39, 0.29) is 5.56 Å². The predicted octanol–water partition coefficient (Wildman–Crippen LogP) is 7.25. The van der Waals surface area contributed by atoms with Gasteiger partial charge in [-0.05, 0) is 70.0 Å². The number of rotatable bonds is 6. The van der Waals surface area contributed by atoms with Crippen LogP contribution in [0.25, 0.3) is 10.9 Å². The number of hydrogen-bond acceptors (Lipinski definition) is 4. The van der Waals surface area contributed by atoms with Crippen molar-refractivity contribution in [2.75, 3.05) is 0 Å². The molecular formula is C24H17Br2Cl2N3O2. The van der Waals surface area contributed by atoms with Gasteiger partial charge in [0, 0.05) is 26.5 Å². The van der Waals surface area contributed by atoms with Crippen LogP contribution in [0.1, 0.15) is 23.9 Å². The lowest BCUT2D eigenvalue weighted by atomic mass is 10.2. The van der Waals surface area contributed by atoms with Crippen LogP contribution in [-0.4, -0.2) is 15.9 Å². The van der Waals surface area contributed by atoms with Gasteiger partial charge < -0.3 is 4.74 Å². The summed E-state index contributed by atoms with van der Waals surface area (Å²) in [5.41, 5.74) is 2.06. The molecule has 5 nitrogen and oxygen atoms in total. The van der Waals surface area contributed by atoms with Gasteiger partial charge in [-0.3, -0.25) is 4.79 Å². The SMILES string of the molecule is CCc1nc2ccc(Br)cc2c(=O)n1N=Cc1ccc(OCc2ccc(Cl)cc2Cl)c(Br)c1. The molecule has 4 aromatic rings. The third-order valence-electron chi connectivity index (χ3n) is 4.87. The maximum Gasteiger partial charge on any atom is 0.282 e. The van der Waals surface area contributed by atoms with Gasteiger partial charge in [0.2, 0.25) is 0 Å². The summed E-state index contributed by atoms with van der Waals surface area (Å²) in [5, 5.41) is 6.05. The van der Waals surface area contributed by atoms with Crippen LogP contribution in [0.2, 0.25) is 10.0 Å². The van der Waals surface area contributed by atoms with Gasteiger partial charge in [-0.1, -0.05) is 52.1 Å². The van der Waals surface area contributed by atoms with Crippen LogP contribution >= 0.6 is 55.1 Å². The smallest absolute Gasteiger partial charge is 0.282 e. The molecule has 0 amide bonds. The molecule has 0 spiro atoms. The Morgan fingerprint density at radius 2 is 1.91 bits per heavy atom. The number of benzene rings is 3. The molecule has 168 valence electrons. The molecule has 0 saturated heterocycles. The molecule has 4 rings (SSSR count). The molecule has 3 aromatic carbocycles. The Bertz CT molecular complexity index is 1440. The van der Waals surface area contributed by atoms with Gasteiger partial charge >= 0.3 is 0 Å². The topological polar surface area (TPSA) is 56.5 Å². The van der Waals surface area contributed by atoms with Crippen LogP contribution in [0.5, 0.6) is 5.75 Å². The molecule has 0 aliphatic rings. The summed E-state index contributed by atoms with van der Waals surface area (Å²) in [6, 6.07) is 16.3. The highest BCUT2D eigenvalue weighted by Crippen LogP contribution is 2.28. The average molecular weight is 610 g/mol. The predicted molar refractivity (Wildman–Crippen MR) is 141 cm³/mol. The van der Waals surface area contributed by atoms with Gasteiger partial charge in [-0.25, -0.2) is 4.98 Å². The van der Waals surface area contributed by atoms with Gasteiger partial charge in [0.1, 0.15) is 18.2 Å². The second kappa shape index (κ2) is 10.4. The van der Waals surface area contributed by atoms with Gasteiger partial charge in [-0.15, -0.1) is 0 Å². The van der Waals surface area contributed by atoms with E-state index >= 15 is 0 Å². The van der Waals surface area contributed by atoms with E-state index in [0.29, 0.717) is 45.5 Å². The highest BCUT2D eigenvalue weighted by atomic mass is 79.9. The minimum Gasteiger partial charge on any atom is -0.488 e. The summed E-state index contributed by atoms with van der Waals surface area (Å²) >= 11 is 19.1. The van der Waals surface area contributed by atoms with Crippen LogP contribution in [0.4, 0.5) is 0 Å². The quantitative estimate of drug-likeness (QED) is 0.216. The Balaban J connectivity index is 1.58. The molecular weight excluding hydrogens is 593 g/mol. The molecule has 0 aliphatic heterocycles. The standard InChI is InChI=1S/C24H17Br2Cl2N3O2/c1-2-23-30-21-7-5-16(25)10-18(21)24(32)31(23)29-12-14-3-8-22(19(26)9-14)33-13-15-4-6-17(27)11-20(15)28/h3-12H,2,13H2,1H3. The highest BCUT2D eigenvalue weighted by Gasteiger charge is 2.10. The summed E-state index contributed by atoms with van der Waals surface area (Å²) in [4.78, 5) is 17.6. The maximum atomic E-state index is 13.0. The summed E-state index contributed by atoms with van der Waals surface area (Å²) in [5.74, 6) is 1.24. The number of aromatic nitrogens is 2. The summed E-state index contributed by atoms with van der Waals surface area (Å²) in [6.07, 6.45) is 2.19. The van der Waals surface area contributed by atoms with Crippen molar-refractivity contribution in [3.63, 3.8) is 0 Å². The Kier molecular flexibility index (Phi) is 7.54. The van der Waals surface area contributed by atoms with Crippen molar-refractivity contribution in [1.29, 1.82) is 0 Å². The third-order valence-corrected chi connectivity index (χ3v) is 6.57. The molecule has 0 fully saturated rings. The van der Waals surface area contributed by atoms with E-state index in [0.717, 1.165) is 20.1 Å². The van der Waals surface area contributed by atoms with Crippen LogP contribution in [0.15, 0.2) is 73.4 Å². The normalized spacial score (nSPS) is 11.4. The van der Waals surface area contributed by atoms with E-state index in [9.17, 15) is 4.79 Å². The zero-order chi connectivity index (χ0) is 23.5. The lowest BCUT2D eigenvalue weighted by Crippen LogP contribution is -2.22. The first-order valence-corrected chi connectivity index (χ1v) is 12.3. The van der Waals surface area contributed by atoms with Crippen molar-refractivity contribution in [3.8, 4) is 5.75 Å². The van der Waals surface area contributed by atoms with Gasteiger partial charge in [0.05, 0.1) is 21.6 Å². The fourth-order valence-corrected chi connectivity index (χ4v) is 4.51. The molecule has 0 bridgehead atoms. The number of ether oxygens (including phenoxy) is 1. The van der Waals surface area contributed by atoms with E-state index in [1.165, 1.54) is 4.68 Å². The number of aryl methyl sites for hydroxylation is 1. The van der Waals surface area contributed by atoms with Crippen molar-refractivity contribution >= 4 is 72.2 Å². The van der Waals surface area contributed by atoms with Crippen LogP contribution in [0, 0.1) is 0 Å². The zero-order valence-electron chi connectivity index (χ0n) is 17.4. The molecule has 1 aromatic heterocycles. The molecule has 0 radical (unpaired) electrons. The molecule has 9 heteroatoms. The number of halogens is 4. The second-order valence-corrected chi connectivity index (χ2v) is 9.73. The first-order valence-electron chi connectivity index (χ1n) is 9.97. The summed E-state index contributed by atoms with van der Waals surface area (Å²) in [6.45, 7) is 2.24. The molecule has 0 N–H and O–H groups in total. The van der Waals surface area contributed by atoms with Gasteiger partial charge in [0.15, 0.2) is 0 Å². The van der Waals surface area contributed by atoms with Crippen molar-refractivity contribution in [3.05, 3.63) is 101 Å². The first-order chi connectivity index (χ1) is 15.9. The Morgan fingerprint density at radius 1 is 1.09 bits per heavy atom. The summed E-state index contributed by atoms with van der Waals surface area (Å²) < 4.78 is 8.79. The Hall–Kier alpha value is -2.19. The van der Waals surface area contributed by atoms with E-state index in [2.05, 4.69) is 41.9 Å². The second-order valence-electron chi connectivity index (χ2n) is 7.12. The lowest BCUT2D eigenvalue weighted by Gasteiger charge is -2.10. The van der Waals surface area contributed by atoms with Gasteiger partial charge in [0.25, 0.3) is 5.56 Å². The largest absolute Gasteiger partial charge is 0.488 e. The Labute approximate surface area is 217 Å². The number of nitrogens with zero attached hydrogens (tertiary/aromatic N) is 3. The van der Waals surface area contributed by atoms with Crippen LogP contribution in [-0.2, 0) is 13.0 Å². The van der Waals surface area contributed by atoms with E-state index < -0.39 is 0 Å². The van der Waals surface area contributed by atoms with E-state index in [4.69, 9.17) is 27.9 Å². The molecule has 0 aliphatic carbocycles. The van der Waals surface area contributed by atoms with Gasteiger partial charge in [-0.2, -0.15) is 9.78 Å². The number of hydrogen-bond donors (Lipinski definition) is 0. The maximum absolute atomic E-state index is 13.0. The monoisotopic (exact) mass is 607 g/mol. The molecule has 33 heavy (non-hydrogen) atoms. The highest BCUT2D eigenvalue weighted by molar-refractivity contribution is 9.10. The fraction of sp³-hybridized carbons (Fsp3) is 0.125. The lowest BCUT2D eigenvalue weighted by molar-refractivity contribution is 0.304. The van der Waals surface area contributed by atoms with Crippen molar-refractivity contribution in [1.82, 2.24) is 9.66 Å². The van der Waals surface area contributed by atoms with Crippen LogP contribution < -0.4 is 10.3 Å².